The van der Waals surface area contributed by atoms with Crippen LogP contribution in [0.25, 0.3) is 0 Å². The number of halogens is 2. The molecule has 0 bridgehead atoms. The summed E-state index contributed by atoms with van der Waals surface area (Å²) in [7, 11) is 0. The maximum Gasteiger partial charge on any atom is 0.408 e. The molecule has 226 valence electrons. The SMILES string of the molecule is CC1CN(C(=O)CC[C@H](NC(=O)OCc2ccccc2)C(=O)O)CC(C)N1c1cccc(NC2=NCC(F)(F)CN2)c1. The van der Waals surface area contributed by atoms with Crippen molar-refractivity contribution in [2.45, 2.75) is 57.3 Å². The molecule has 2 aromatic rings. The van der Waals surface area contributed by atoms with Gasteiger partial charge >= 0.3 is 12.1 Å². The Morgan fingerprint density at radius 1 is 1.12 bits per heavy atom. The topological polar surface area (TPSA) is 136 Å². The lowest BCUT2D eigenvalue weighted by Crippen LogP contribution is -2.58. The number of anilines is 2. The summed E-state index contributed by atoms with van der Waals surface area (Å²) in [5.74, 6) is -4.03. The molecule has 2 aliphatic rings. The number of aliphatic carboxylic acids is 1. The molecule has 3 atom stereocenters. The van der Waals surface area contributed by atoms with Crippen LogP contribution in [0, 0.1) is 0 Å². The van der Waals surface area contributed by atoms with Gasteiger partial charge in [-0.05, 0) is 44.0 Å². The van der Waals surface area contributed by atoms with Gasteiger partial charge in [-0.1, -0.05) is 36.4 Å². The van der Waals surface area contributed by atoms with Gasteiger partial charge in [0.25, 0.3) is 5.92 Å². The van der Waals surface area contributed by atoms with E-state index in [-0.39, 0.29) is 43.4 Å². The zero-order valence-electron chi connectivity index (χ0n) is 23.6. The Hall–Kier alpha value is -4.42. The molecule has 2 amide bonds. The van der Waals surface area contributed by atoms with Crippen molar-refractivity contribution >= 4 is 35.3 Å². The highest BCUT2D eigenvalue weighted by molar-refractivity contribution is 5.94. The average Bonchev–Trinajstić information content (AvgIpc) is 2.95. The molecule has 42 heavy (non-hydrogen) atoms. The fourth-order valence-corrected chi connectivity index (χ4v) is 5.11. The first-order valence-corrected chi connectivity index (χ1v) is 13.8. The first kappa shape index (κ1) is 30.5. The van der Waals surface area contributed by atoms with Gasteiger partial charge in [0.1, 0.15) is 19.2 Å². The van der Waals surface area contributed by atoms with Crippen LogP contribution in [0.4, 0.5) is 25.0 Å². The summed E-state index contributed by atoms with van der Waals surface area (Å²) in [4.78, 5) is 44.7. The number of benzene rings is 2. The van der Waals surface area contributed by atoms with Gasteiger partial charge in [0.2, 0.25) is 5.91 Å². The van der Waals surface area contributed by atoms with Crippen LogP contribution < -0.4 is 20.9 Å². The molecule has 13 heteroatoms. The van der Waals surface area contributed by atoms with Crippen LogP contribution in [0.2, 0.25) is 0 Å². The lowest BCUT2D eigenvalue weighted by atomic mass is 10.0. The van der Waals surface area contributed by atoms with Crippen LogP contribution in [0.5, 0.6) is 0 Å². The van der Waals surface area contributed by atoms with E-state index in [1.165, 1.54) is 0 Å². The number of piperazine rings is 1. The summed E-state index contributed by atoms with van der Waals surface area (Å²) in [5.41, 5.74) is 2.36. The van der Waals surface area contributed by atoms with E-state index in [1.54, 1.807) is 29.2 Å². The van der Waals surface area contributed by atoms with Crippen LogP contribution in [-0.2, 0) is 20.9 Å². The second-order valence-corrected chi connectivity index (χ2v) is 10.6. The van der Waals surface area contributed by atoms with E-state index in [9.17, 15) is 28.3 Å². The third-order valence-corrected chi connectivity index (χ3v) is 7.11. The molecule has 0 spiro atoms. The van der Waals surface area contributed by atoms with Crippen molar-refractivity contribution in [3.05, 3.63) is 60.2 Å². The highest BCUT2D eigenvalue weighted by Gasteiger charge is 2.34. The predicted molar refractivity (Wildman–Crippen MR) is 154 cm³/mol. The molecule has 0 saturated carbocycles. The Labute approximate surface area is 242 Å². The molecule has 2 unspecified atom stereocenters. The third-order valence-electron chi connectivity index (χ3n) is 7.11. The van der Waals surface area contributed by atoms with Gasteiger partial charge in [0.05, 0.1) is 6.54 Å². The molecule has 0 aromatic heterocycles. The highest BCUT2D eigenvalue weighted by Crippen LogP contribution is 2.28. The van der Waals surface area contributed by atoms with E-state index in [2.05, 4.69) is 25.8 Å². The van der Waals surface area contributed by atoms with Crippen LogP contribution >= 0.6 is 0 Å². The minimum Gasteiger partial charge on any atom is -0.480 e. The lowest BCUT2D eigenvalue weighted by Gasteiger charge is -2.46. The number of alkyl carbamates (subject to hydrolysis) is 1. The number of nitrogens with one attached hydrogen (secondary N) is 3. The number of hydrogen-bond donors (Lipinski definition) is 4. The number of ether oxygens (including phenoxy) is 1. The summed E-state index contributed by atoms with van der Waals surface area (Å²) in [6.07, 6.45) is -0.992. The molecular formula is C29H36F2N6O5. The molecule has 2 aromatic carbocycles. The van der Waals surface area contributed by atoms with E-state index in [4.69, 9.17) is 4.74 Å². The van der Waals surface area contributed by atoms with E-state index in [0.717, 1.165) is 11.3 Å². The zero-order chi connectivity index (χ0) is 30.3. The molecule has 2 aliphatic heterocycles. The predicted octanol–water partition coefficient (Wildman–Crippen LogP) is 3.28. The summed E-state index contributed by atoms with van der Waals surface area (Å²) in [5, 5.41) is 17.6. The number of aliphatic imine (C=N–C) groups is 1. The van der Waals surface area contributed by atoms with Crippen LogP contribution in [0.15, 0.2) is 59.6 Å². The van der Waals surface area contributed by atoms with Crippen LogP contribution in [0.1, 0.15) is 32.3 Å². The first-order chi connectivity index (χ1) is 20.0. The summed E-state index contributed by atoms with van der Waals surface area (Å²) in [6.45, 7) is 3.78. The Morgan fingerprint density at radius 2 is 1.83 bits per heavy atom. The number of rotatable bonds is 9. The Morgan fingerprint density at radius 3 is 2.48 bits per heavy atom. The van der Waals surface area contributed by atoms with Crippen LogP contribution in [0.3, 0.4) is 0 Å². The van der Waals surface area contributed by atoms with Crippen molar-refractivity contribution < 1.29 is 33.0 Å². The third kappa shape index (κ3) is 8.30. The van der Waals surface area contributed by atoms with E-state index in [0.29, 0.717) is 18.8 Å². The Bertz CT molecular complexity index is 1280. The van der Waals surface area contributed by atoms with Crippen molar-refractivity contribution in [1.82, 2.24) is 15.5 Å². The molecular weight excluding hydrogens is 550 g/mol. The maximum absolute atomic E-state index is 13.4. The molecule has 1 saturated heterocycles. The summed E-state index contributed by atoms with van der Waals surface area (Å²) >= 11 is 0. The summed E-state index contributed by atoms with van der Waals surface area (Å²) < 4.78 is 31.9. The molecule has 2 heterocycles. The molecule has 1 fully saturated rings. The largest absolute Gasteiger partial charge is 0.480 e. The van der Waals surface area contributed by atoms with Gasteiger partial charge in [-0.25, -0.2) is 23.4 Å². The number of carboxylic acids is 1. The van der Waals surface area contributed by atoms with Crippen molar-refractivity contribution in [2.24, 2.45) is 4.99 Å². The molecule has 4 rings (SSSR count). The Balaban J connectivity index is 1.29. The second kappa shape index (κ2) is 13.5. The minimum absolute atomic E-state index is 0.00151. The van der Waals surface area contributed by atoms with Crippen molar-refractivity contribution in [1.29, 1.82) is 0 Å². The zero-order valence-corrected chi connectivity index (χ0v) is 23.6. The normalized spacial score (nSPS) is 20.5. The van der Waals surface area contributed by atoms with Gasteiger partial charge in [-0.3, -0.25) is 4.79 Å². The van der Waals surface area contributed by atoms with Gasteiger partial charge in [0, 0.05) is 43.0 Å². The first-order valence-electron chi connectivity index (χ1n) is 13.8. The van der Waals surface area contributed by atoms with Crippen LogP contribution in [-0.4, -0.2) is 84.2 Å². The van der Waals surface area contributed by atoms with E-state index < -0.39 is 37.1 Å². The average molecular weight is 587 g/mol. The fourth-order valence-electron chi connectivity index (χ4n) is 5.11. The number of carbonyl (C=O) groups is 3. The number of guanidine groups is 1. The Kier molecular flexibility index (Phi) is 9.81. The number of carboxylic acid groups (broad SMARTS) is 1. The van der Waals surface area contributed by atoms with Gasteiger partial charge in [-0.2, -0.15) is 0 Å². The standard InChI is InChI=1S/C29H36F2N6O5/c1-19-14-36(25(38)12-11-24(26(39)40)35-28(41)42-16-21-7-4-3-5-8-21)15-20(2)37(19)23-10-6-9-22(13-23)34-27-32-17-29(30,31)18-33-27/h3-10,13,19-20,24H,11-12,14-18H2,1-2H3,(H,35,41)(H,39,40)(H2,32,33,34)/t19?,20?,24-/m0/s1. The maximum atomic E-state index is 13.4. The lowest BCUT2D eigenvalue weighted by molar-refractivity contribution is -0.140. The molecule has 11 nitrogen and oxygen atoms in total. The second-order valence-electron chi connectivity index (χ2n) is 10.6. The quantitative estimate of drug-likeness (QED) is 0.352. The number of amides is 2. The van der Waals surface area contributed by atoms with Crippen molar-refractivity contribution in [3.8, 4) is 0 Å². The molecule has 4 N–H and O–H groups in total. The highest BCUT2D eigenvalue weighted by atomic mass is 19.3. The fraction of sp³-hybridized carbons (Fsp3) is 0.448. The van der Waals surface area contributed by atoms with E-state index >= 15 is 0 Å². The van der Waals surface area contributed by atoms with Gasteiger partial charge < -0.3 is 35.6 Å². The van der Waals surface area contributed by atoms with Gasteiger partial charge in [0.15, 0.2) is 5.96 Å². The number of alkyl halides is 2. The van der Waals surface area contributed by atoms with Gasteiger partial charge in [-0.15, -0.1) is 0 Å². The number of carbonyl (C=O) groups excluding carboxylic acids is 2. The molecule has 0 radical (unpaired) electrons. The van der Waals surface area contributed by atoms with Crippen molar-refractivity contribution in [3.63, 3.8) is 0 Å². The van der Waals surface area contributed by atoms with Crippen molar-refractivity contribution in [2.75, 3.05) is 36.4 Å². The number of nitrogens with zero attached hydrogens (tertiary/aromatic N) is 3. The smallest absolute Gasteiger partial charge is 0.408 e. The minimum atomic E-state index is -2.87. The van der Waals surface area contributed by atoms with E-state index in [1.807, 2.05) is 44.2 Å². The monoisotopic (exact) mass is 586 g/mol. The summed E-state index contributed by atoms with van der Waals surface area (Å²) in [6, 6.07) is 15.2. The molecule has 0 aliphatic carbocycles. The number of hydrogen-bond acceptors (Lipinski definition) is 8.